The lowest BCUT2D eigenvalue weighted by molar-refractivity contribution is 0.624. The summed E-state index contributed by atoms with van der Waals surface area (Å²) in [6.07, 6.45) is 7.28. The van der Waals surface area contributed by atoms with Gasteiger partial charge in [0.15, 0.2) is 0 Å². The third-order valence-corrected chi connectivity index (χ3v) is 6.74. The Morgan fingerprint density at radius 3 is 2.67 bits per heavy atom. The molecule has 5 rings (SSSR count). The predicted molar refractivity (Wildman–Crippen MR) is 105 cm³/mol. The van der Waals surface area contributed by atoms with E-state index in [0.717, 1.165) is 0 Å². The van der Waals surface area contributed by atoms with Crippen LogP contribution in [0.15, 0.2) is 65.6 Å². The molecule has 2 aliphatic rings. The van der Waals surface area contributed by atoms with Gasteiger partial charge < -0.3 is 0 Å². The second kappa shape index (κ2) is 5.53. The van der Waals surface area contributed by atoms with Crippen LogP contribution >= 0.6 is 11.8 Å². The standard InChI is InChI=1S/C23H20S/c1-15-5-11-19(12-6-15)24-21-14-10-18-8-7-16-3-2-4-17-9-13-20(21)23(18)22(16)17/h2-9,11-13,18,21H,10,14H2,1H3. The number of hydrogen-bond acceptors (Lipinski definition) is 1. The van der Waals surface area contributed by atoms with Gasteiger partial charge in [-0.15, -0.1) is 11.8 Å². The summed E-state index contributed by atoms with van der Waals surface area (Å²) in [5, 5.41) is 3.46. The Bertz CT molecular complexity index is 950. The molecule has 3 aromatic carbocycles. The average molecular weight is 328 g/mol. The van der Waals surface area contributed by atoms with Gasteiger partial charge in [-0.2, -0.15) is 0 Å². The SMILES string of the molecule is Cc1ccc(SC2CCC3C=Cc4cccc5ccc2c3c45)cc1. The normalized spacial score (nSPS) is 21.2. The molecule has 0 heterocycles. The van der Waals surface area contributed by atoms with Crippen LogP contribution in [0.4, 0.5) is 0 Å². The van der Waals surface area contributed by atoms with E-state index in [1.165, 1.54) is 39.6 Å². The fraction of sp³-hybridized carbons (Fsp3) is 0.217. The molecule has 0 fully saturated rings. The number of rotatable bonds is 2. The van der Waals surface area contributed by atoms with Crippen molar-refractivity contribution in [3.8, 4) is 0 Å². The van der Waals surface area contributed by atoms with Gasteiger partial charge in [0.25, 0.3) is 0 Å². The highest BCUT2D eigenvalue weighted by Gasteiger charge is 2.30. The summed E-state index contributed by atoms with van der Waals surface area (Å²) in [6.45, 7) is 2.15. The lowest BCUT2D eigenvalue weighted by Crippen LogP contribution is -2.14. The highest BCUT2D eigenvalue weighted by atomic mass is 32.2. The number of hydrogen-bond donors (Lipinski definition) is 0. The van der Waals surface area contributed by atoms with Crippen LogP contribution < -0.4 is 0 Å². The van der Waals surface area contributed by atoms with Crippen molar-refractivity contribution in [3.63, 3.8) is 0 Å². The summed E-state index contributed by atoms with van der Waals surface area (Å²) < 4.78 is 0. The highest BCUT2D eigenvalue weighted by molar-refractivity contribution is 7.99. The van der Waals surface area contributed by atoms with Crippen molar-refractivity contribution in [1.29, 1.82) is 0 Å². The van der Waals surface area contributed by atoms with E-state index < -0.39 is 0 Å². The molecule has 0 aliphatic heterocycles. The summed E-state index contributed by atoms with van der Waals surface area (Å²) in [5.74, 6) is 0.605. The molecule has 2 unspecified atom stereocenters. The average Bonchev–Trinajstić information content (AvgIpc) is 2.63. The van der Waals surface area contributed by atoms with E-state index in [4.69, 9.17) is 0 Å². The van der Waals surface area contributed by atoms with Gasteiger partial charge in [0.1, 0.15) is 0 Å². The second-order valence-electron chi connectivity index (χ2n) is 6.98. The molecule has 0 saturated heterocycles. The van der Waals surface area contributed by atoms with Crippen LogP contribution in [0.1, 0.15) is 46.3 Å². The predicted octanol–water partition coefficient (Wildman–Crippen LogP) is 6.89. The van der Waals surface area contributed by atoms with Crippen molar-refractivity contribution < 1.29 is 0 Å². The summed E-state index contributed by atoms with van der Waals surface area (Å²) >= 11 is 2.03. The van der Waals surface area contributed by atoms with Gasteiger partial charge >= 0.3 is 0 Å². The maximum atomic E-state index is 2.42. The van der Waals surface area contributed by atoms with Crippen LogP contribution in [0, 0.1) is 6.92 Å². The molecule has 0 bridgehead atoms. The fourth-order valence-corrected chi connectivity index (χ4v) is 5.43. The summed E-state index contributed by atoms with van der Waals surface area (Å²) in [5.41, 5.74) is 5.88. The number of thioether (sulfide) groups is 1. The minimum Gasteiger partial charge on any atom is -0.118 e. The molecular weight excluding hydrogens is 308 g/mol. The van der Waals surface area contributed by atoms with Crippen LogP contribution in [0.2, 0.25) is 0 Å². The molecule has 118 valence electrons. The van der Waals surface area contributed by atoms with E-state index in [1.54, 1.807) is 11.1 Å². The quantitative estimate of drug-likeness (QED) is 0.494. The van der Waals surface area contributed by atoms with Crippen molar-refractivity contribution in [2.45, 2.75) is 35.8 Å². The van der Waals surface area contributed by atoms with Gasteiger partial charge in [-0.05, 0) is 59.4 Å². The van der Waals surface area contributed by atoms with Crippen LogP contribution in [-0.4, -0.2) is 0 Å². The van der Waals surface area contributed by atoms with Crippen molar-refractivity contribution in [3.05, 3.63) is 82.9 Å². The first-order valence-electron chi connectivity index (χ1n) is 8.77. The zero-order chi connectivity index (χ0) is 16.1. The van der Waals surface area contributed by atoms with Gasteiger partial charge in [-0.1, -0.05) is 60.2 Å². The van der Waals surface area contributed by atoms with Gasteiger partial charge in [0, 0.05) is 16.1 Å². The summed E-state index contributed by atoms with van der Waals surface area (Å²) in [6, 6.07) is 20.4. The van der Waals surface area contributed by atoms with E-state index in [0.29, 0.717) is 11.2 Å². The zero-order valence-electron chi connectivity index (χ0n) is 13.8. The second-order valence-corrected chi connectivity index (χ2v) is 8.25. The monoisotopic (exact) mass is 328 g/mol. The van der Waals surface area contributed by atoms with Crippen molar-refractivity contribution in [2.75, 3.05) is 0 Å². The van der Waals surface area contributed by atoms with Crippen LogP contribution in [0.5, 0.6) is 0 Å². The molecule has 0 radical (unpaired) electrons. The van der Waals surface area contributed by atoms with E-state index in [1.807, 2.05) is 11.8 Å². The summed E-state index contributed by atoms with van der Waals surface area (Å²) in [7, 11) is 0. The lowest BCUT2D eigenvalue weighted by Gasteiger charge is -2.33. The fourth-order valence-electron chi connectivity index (χ4n) is 4.22. The minimum atomic E-state index is 0.572. The topological polar surface area (TPSA) is 0 Å². The summed E-state index contributed by atoms with van der Waals surface area (Å²) in [4.78, 5) is 1.39. The Hall–Kier alpha value is -1.99. The molecule has 2 aliphatic carbocycles. The lowest BCUT2D eigenvalue weighted by atomic mass is 9.76. The first-order chi connectivity index (χ1) is 11.8. The van der Waals surface area contributed by atoms with E-state index in [2.05, 4.69) is 73.7 Å². The number of allylic oxidation sites excluding steroid dienone is 1. The van der Waals surface area contributed by atoms with E-state index in [-0.39, 0.29) is 0 Å². The van der Waals surface area contributed by atoms with Gasteiger partial charge in [-0.25, -0.2) is 0 Å². The van der Waals surface area contributed by atoms with Crippen LogP contribution in [-0.2, 0) is 0 Å². The Morgan fingerprint density at radius 2 is 1.79 bits per heavy atom. The molecule has 0 amide bonds. The molecule has 1 heteroatoms. The molecular formula is C23H20S. The molecule has 0 N–H and O–H groups in total. The first-order valence-corrected chi connectivity index (χ1v) is 9.64. The Kier molecular flexibility index (Phi) is 3.31. The minimum absolute atomic E-state index is 0.572. The molecule has 24 heavy (non-hydrogen) atoms. The Balaban J connectivity index is 1.62. The third kappa shape index (κ3) is 2.22. The molecule has 0 spiro atoms. The Morgan fingerprint density at radius 1 is 0.917 bits per heavy atom. The van der Waals surface area contributed by atoms with Gasteiger partial charge in [0.2, 0.25) is 0 Å². The Labute approximate surface area is 147 Å². The molecule has 0 aromatic heterocycles. The van der Waals surface area contributed by atoms with Crippen molar-refractivity contribution >= 4 is 28.6 Å². The number of benzene rings is 3. The van der Waals surface area contributed by atoms with E-state index in [9.17, 15) is 0 Å². The van der Waals surface area contributed by atoms with Crippen molar-refractivity contribution in [1.82, 2.24) is 0 Å². The molecule has 2 atom stereocenters. The first kappa shape index (κ1) is 14.4. The van der Waals surface area contributed by atoms with Crippen LogP contribution in [0.3, 0.4) is 0 Å². The van der Waals surface area contributed by atoms with Gasteiger partial charge in [-0.3, -0.25) is 0 Å². The maximum absolute atomic E-state index is 2.42. The highest BCUT2D eigenvalue weighted by Crippen LogP contribution is 2.51. The largest absolute Gasteiger partial charge is 0.118 e. The molecule has 0 saturated carbocycles. The molecule has 3 aromatic rings. The van der Waals surface area contributed by atoms with E-state index >= 15 is 0 Å². The van der Waals surface area contributed by atoms with Gasteiger partial charge in [0.05, 0.1) is 0 Å². The maximum Gasteiger partial charge on any atom is 0.0348 e. The third-order valence-electron chi connectivity index (χ3n) is 5.42. The number of aryl methyl sites for hydroxylation is 1. The van der Waals surface area contributed by atoms with Crippen LogP contribution in [0.25, 0.3) is 16.8 Å². The zero-order valence-corrected chi connectivity index (χ0v) is 14.6. The molecule has 0 nitrogen and oxygen atoms in total. The van der Waals surface area contributed by atoms with Crippen molar-refractivity contribution in [2.24, 2.45) is 0 Å². The smallest absolute Gasteiger partial charge is 0.0348 e.